The minimum absolute atomic E-state index is 0.0685. The van der Waals surface area contributed by atoms with E-state index in [1.54, 1.807) is 18.6 Å². The molecule has 0 bridgehead atoms. The molecule has 9 heteroatoms. The summed E-state index contributed by atoms with van der Waals surface area (Å²) in [4.78, 5) is 38.0. The molecule has 0 aromatic carbocycles. The van der Waals surface area contributed by atoms with Crippen LogP contribution in [0, 0.1) is 6.92 Å². The fourth-order valence-corrected chi connectivity index (χ4v) is 3.89. The second-order valence-electron chi connectivity index (χ2n) is 9.87. The van der Waals surface area contributed by atoms with Crippen LogP contribution in [0.4, 0.5) is 4.79 Å². The lowest BCUT2D eigenvalue weighted by molar-refractivity contribution is 0.0543. The Kier molecular flexibility index (Phi) is 6.77. The highest BCUT2D eigenvalue weighted by atomic mass is 16.6. The quantitative estimate of drug-likeness (QED) is 0.534. The first-order valence-electron chi connectivity index (χ1n) is 11.8. The van der Waals surface area contributed by atoms with Crippen molar-refractivity contribution in [2.24, 2.45) is 4.99 Å². The fraction of sp³-hybridized carbons (Fsp3) is 0.333. The summed E-state index contributed by atoms with van der Waals surface area (Å²) in [5, 5.41) is 6.92. The first-order valence-corrected chi connectivity index (χ1v) is 11.8. The maximum atomic E-state index is 12.8. The molecule has 36 heavy (non-hydrogen) atoms. The van der Waals surface area contributed by atoms with E-state index in [1.165, 1.54) is 4.57 Å². The molecule has 4 rings (SSSR count). The summed E-state index contributed by atoms with van der Waals surface area (Å²) in [5.74, 6) is 2.45. The molecule has 4 heterocycles. The van der Waals surface area contributed by atoms with Crippen molar-refractivity contribution >= 4 is 34.6 Å². The molecule has 186 valence electrons. The predicted molar refractivity (Wildman–Crippen MR) is 139 cm³/mol. The van der Waals surface area contributed by atoms with Gasteiger partial charge in [0.05, 0.1) is 11.3 Å². The zero-order valence-corrected chi connectivity index (χ0v) is 21.3. The summed E-state index contributed by atoms with van der Waals surface area (Å²) < 4.78 is 7.02. The van der Waals surface area contributed by atoms with Gasteiger partial charge in [0, 0.05) is 42.1 Å². The van der Waals surface area contributed by atoms with Crippen LogP contribution in [0.2, 0.25) is 0 Å². The number of fused-ring (bicyclic) bond motifs is 1. The molecule has 1 aliphatic rings. The number of pyridine rings is 2. The molecule has 0 unspecified atom stereocenters. The third-order valence-corrected chi connectivity index (χ3v) is 5.44. The van der Waals surface area contributed by atoms with Crippen LogP contribution in [0.15, 0.2) is 53.5 Å². The van der Waals surface area contributed by atoms with Gasteiger partial charge >= 0.3 is 6.09 Å². The van der Waals surface area contributed by atoms with Gasteiger partial charge < -0.3 is 15.4 Å². The van der Waals surface area contributed by atoms with Crippen molar-refractivity contribution in [3.8, 4) is 0 Å². The number of rotatable bonds is 4. The summed E-state index contributed by atoms with van der Waals surface area (Å²) in [6, 6.07) is 7.70. The van der Waals surface area contributed by atoms with Gasteiger partial charge in [-0.05, 0) is 70.9 Å². The Labute approximate surface area is 210 Å². The monoisotopic (exact) mass is 486 g/mol. The first-order chi connectivity index (χ1) is 17.1. The van der Waals surface area contributed by atoms with Gasteiger partial charge in [0.1, 0.15) is 16.9 Å². The molecule has 0 aliphatic carbocycles. The Morgan fingerprint density at radius 2 is 2.00 bits per heavy atom. The van der Waals surface area contributed by atoms with Crippen LogP contribution in [-0.2, 0) is 16.0 Å². The maximum absolute atomic E-state index is 12.8. The molecule has 2 N–H and O–H groups in total. The smallest absolute Gasteiger partial charge is 0.420 e. The lowest BCUT2D eigenvalue weighted by atomic mass is 10.0. The molecule has 3 aromatic rings. The average Bonchev–Trinajstić information content (AvgIpc) is 3.17. The highest BCUT2D eigenvalue weighted by Gasteiger charge is 2.22. The lowest BCUT2D eigenvalue weighted by Crippen LogP contribution is -2.39. The minimum Gasteiger partial charge on any atom is -0.443 e. The van der Waals surface area contributed by atoms with Gasteiger partial charge in [-0.25, -0.2) is 24.1 Å². The van der Waals surface area contributed by atoms with E-state index in [-0.39, 0.29) is 11.7 Å². The molecule has 1 aliphatic heterocycles. The van der Waals surface area contributed by atoms with E-state index in [0.717, 1.165) is 22.2 Å². The number of guanidine groups is 1. The van der Waals surface area contributed by atoms with Crippen molar-refractivity contribution in [3.05, 3.63) is 71.1 Å². The van der Waals surface area contributed by atoms with Gasteiger partial charge in [-0.15, -0.1) is 0 Å². The summed E-state index contributed by atoms with van der Waals surface area (Å²) >= 11 is 0. The van der Waals surface area contributed by atoms with Gasteiger partial charge in [0.25, 0.3) is 0 Å². The average molecular weight is 487 g/mol. The Balaban J connectivity index is 1.64. The highest BCUT2D eigenvalue weighted by Crippen LogP contribution is 2.26. The van der Waals surface area contributed by atoms with Gasteiger partial charge in [-0.1, -0.05) is 6.07 Å². The van der Waals surface area contributed by atoms with Crippen LogP contribution in [0.25, 0.3) is 16.6 Å². The van der Waals surface area contributed by atoms with Gasteiger partial charge in [-0.3, -0.25) is 4.98 Å². The van der Waals surface area contributed by atoms with E-state index in [1.807, 2.05) is 71.7 Å². The minimum atomic E-state index is -0.618. The lowest BCUT2D eigenvalue weighted by Gasteiger charge is -2.20. The number of aliphatic imine (C=N–C) groups is 1. The number of hydrogen-bond donors (Lipinski definition) is 2. The highest BCUT2D eigenvalue weighted by molar-refractivity contribution is 5.98. The van der Waals surface area contributed by atoms with E-state index < -0.39 is 11.7 Å². The number of allylic oxidation sites excluding steroid dienone is 1. The van der Waals surface area contributed by atoms with Gasteiger partial charge in [-0.2, -0.15) is 0 Å². The third kappa shape index (κ3) is 5.37. The summed E-state index contributed by atoms with van der Waals surface area (Å²) in [6.45, 7) is 11.3. The Morgan fingerprint density at radius 3 is 2.67 bits per heavy atom. The topological polar surface area (TPSA) is 110 Å². The molecular formula is C27H30N6O3. The van der Waals surface area contributed by atoms with Crippen molar-refractivity contribution in [2.45, 2.75) is 59.6 Å². The van der Waals surface area contributed by atoms with E-state index in [4.69, 9.17) is 9.72 Å². The van der Waals surface area contributed by atoms with E-state index >= 15 is 0 Å². The van der Waals surface area contributed by atoms with E-state index in [9.17, 15) is 9.59 Å². The van der Waals surface area contributed by atoms with Crippen molar-refractivity contribution in [2.75, 3.05) is 0 Å². The zero-order chi connectivity index (χ0) is 26.0. The molecule has 9 nitrogen and oxygen atoms in total. The Bertz CT molecular complexity index is 1440. The number of carbonyl (C=O) groups is 1. The summed E-state index contributed by atoms with van der Waals surface area (Å²) in [6.07, 6.45) is 5.22. The molecule has 0 amide bonds. The van der Waals surface area contributed by atoms with Gasteiger partial charge in [0.15, 0.2) is 5.94 Å². The van der Waals surface area contributed by atoms with Crippen LogP contribution in [0.3, 0.4) is 0 Å². The first kappa shape index (κ1) is 24.9. The molecular weight excluding hydrogens is 456 g/mol. The number of ether oxygens (including phenoxy) is 1. The van der Waals surface area contributed by atoms with Crippen LogP contribution < -0.4 is 10.6 Å². The van der Waals surface area contributed by atoms with Crippen molar-refractivity contribution in [1.82, 2.24) is 25.2 Å². The van der Waals surface area contributed by atoms with Crippen molar-refractivity contribution < 1.29 is 14.3 Å². The largest absolute Gasteiger partial charge is 0.443 e. The van der Waals surface area contributed by atoms with Crippen molar-refractivity contribution in [3.63, 3.8) is 0 Å². The second-order valence-corrected chi connectivity index (χ2v) is 9.87. The number of carbonyl (C=O) groups excluding carboxylic acids is 2. The number of aryl methyl sites for hydroxylation is 1. The van der Waals surface area contributed by atoms with Crippen LogP contribution in [0.5, 0.6) is 0 Å². The molecule has 0 saturated carbocycles. The van der Waals surface area contributed by atoms with Gasteiger partial charge in [0.2, 0.25) is 5.96 Å². The molecule has 0 radical (unpaired) electrons. The fourth-order valence-electron chi connectivity index (χ4n) is 3.89. The van der Waals surface area contributed by atoms with Crippen LogP contribution in [0.1, 0.15) is 57.1 Å². The zero-order valence-electron chi connectivity index (χ0n) is 21.3. The molecule has 3 aromatic heterocycles. The maximum Gasteiger partial charge on any atom is 0.420 e. The standard InChI is InChI=1S/C27H30N6O3/c1-16(2)30-25-29-13-21(23(15-34)32-25)22-10-9-18(17(3)31-22)12-19-14-33(26(35)36-27(4,5)6)24-20(19)8-7-11-28-24/h7-11,13-14,16H,12H2,1-6H3,(H2,29,30,32). The molecule has 0 atom stereocenters. The number of hydrogen-bond acceptors (Lipinski definition) is 6. The van der Waals surface area contributed by atoms with E-state index in [0.29, 0.717) is 29.3 Å². The normalized spacial score (nSPS) is 14.9. The second kappa shape index (κ2) is 9.79. The van der Waals surface area contributed by atoms with Crippen molar-refractivity contribution in [1.29, 1.82) is 0 Å². The Morgan fingerprint density at radius 1 is 1.22 bits per heavy atom. The third-order valence-electron chi connectivity index (χ3n) is 5.44. The molecule has 0 saturated heterocycles. The number of nitrogens with one attached hydrogen (secondary N) is 2. The summed E-state index contributed by atoms with van der Waals surface area (Å²) in [7, 11) is 0. The number of nitrogens with zero attached hydrogens (tertiary/aromatic N) is 4. The van der Waals surface area contributed by atoms with Crippen LogP contribution >= 0.6 is 0 Å². The predicted octanol–water partition coefficient (Wildman–Crippen LogP) is 4.13. The SMILES string of the molecule is Cc1nc(C2=CNC(=NC(C)C)NC2=C=O)ccc1Cc1cn(C(=O)OC(C)(C)C)c2ncccc12. The van der Waals surface area contributed by atoms with E-state index in [2.05, 4.69) is 20.6 Å². The number of aromatic nitrogens is 3. The molecule has 0 spiro atoms. The Hall–Kier alpha value is -4.23. The van der Waals surface area contributed by atoms with Crippen LogP contribution in [-0.4, -0.2) is 44.2 Å². The summed E-state index contributed by atoms with van der Waals surface area (Å²) in [5.41, 5.74) is 4.18. The molecule has 0 fully saturated rings.